The van der Waals surface area contributed by atoms with Gasteiger partial charge in [-0.2, -0.15) is 0 Å². The van der Waals surface area contributed by atoms with Gasteiger partial charge in [0, 0.05) is 28.4 Å². The van der Waals surface area contributed by atoms with Crippen molar-refractivity contribution in [1.82, 2.24) is 0 Å². The first-order chi connectivity index (χ1) is 14.7. The molecule has 0 fully saturated rings. The summed E-state index contributed by atoms with van der Waals surface area (Å²) in [7, 11) is 6.80. The SMILES string of the molecule is COC(c1ccccc1)C(OC)c1ccccc1.COCC(OC)c1ccccc1. The molecule has 4 heteroatoms. The topological polar surface area (TPSA) is 36.9 Å². The van der Waals surface area contributed by atoms with Gasteiger partial charge in [0.25, 0.3) is 0 Å². The molecule has 0 aliphatic carbocycles. The van der Waals surface area contributed by atoms with Crippen LogP contribution >= 0.6 is 0 Å². The van der Waals surface area contributed by atoms with Gasteiger partial charge in [0.15, 0.2) is 0 Å². The van der Waals surface area contributed by atoms with E-state index in [1.165, 1.54) is 0 Å². The number of ether oxygens (including phenoxy) is 4. The third-order valence-corrected chi connectivity index (χ3v) is 4.81. The molecular weight excluding hydrogens is 376 g/mol. The largest absolute Gasteiger partial charge is 0.382 e. The van der Waals surface area contributed by atoms with Crippen LogP contribution < -0.4 is 0 Å². The molecule has 3 atom stereocenters. The van der Waals surface area contributed by atoms with Crippen molar-refractivity contribution in [1.29, 1.82) is 0 Å². The molecule has 0 bridgehead atoms. The van der Waals surface area contributed by atoms with Crippen LogP contribution in [0.3, 0.4) is 0 Å². The molecule has 3 aromatic carbocycles. The lowest BCUT2D eigenvalue weighted by Gasteiger charge is -2.25. The van der Waals surface area contributed by atoms with E-state index in [1.54, 1.807) is 28.4 Å². The van der Waals surface area contributed by atoms with E-state index >= 15 is 0 Å². The van der Waals surface area contributed by atoms with Crippen LogP contribution in [0.15, 0.2) is 91.0 Å². The summed E-state index contributed by atoms with van der Waals surface area (Å²) in [5, 5.41) is 0. The minimum Gasteiger partial charge on any atom is -0.382 e. The monoisotopic (exact) mass is 408 g/mol. The fourth-order valence-electron chi connectivity index (χ4n) is 3.27. The second-order valence-corrected chi connectivity index (χ2v) is 6.72. The zero-order chi connectivity index (χ0) is 21.6. The van der Waals surface area contributed by atoms with Gasteiger partial charge in [-0.05, 0) is 16.7 Å². The minimum absolute atomic E-state index is 0.0520. The lowest BCUT2D eigenvalue weighted by Crippen LogP contribution is -2.15. The molecule has 0 N–H and O–H groups in total. The average Bonchev–Trinajstić information content (AvgIpc) is 2.83. The van der Waals surface area contributed by atoms with Crippen molar-refractivity contribution in [2.24, 2.45) is 0 Å². The van der Waals surface area contributed by atoms with Crippen LogP contribution in [0.1, 0.15) is 35.0 Å². The Labute approximate surface area is 180 Å². The lowest BCUT2D eigenvalue weighted by atomic mass is 9.98. The van der Waals surface area contributed by atoms with Crippen molar-refractivity contribution in [3.05, 3.63) is 108 Å². The first kappa shape index (κ1) is 23.8. The molecule has 0 spiro atoms. The van der Waals surface area contributed by atoms with Crippen LogP contribution in [0, 0.1) is 0 Å². The van der Waals surface area contributed by atoms with E-state index in [2.05, 4.69) is 24.3 Å². The van der Waals surface area contributed by atoms with E-state index in [0.29, 0.717) is 6.61 Å². The van der Waals surface area contributed by atoms with Crippen LogP contribution in [0.5, 0.6) is 0 Å². The van der Waals surface area contributed by atoms with Crippen LogP contribution in [-0.2, 0) is 18.9 Å². The van der Waals surface area contributed by atoms with Crippen LogP contribution in [0.25, 0.3) is 0 Å². The molecule has 3 rings (SSSR count). The van der Waals surface area contributed by atoms with E-state index in [9.17, 15) is 0 Å². The Morgan fingerprint density at radius 1 is 0.500 bits per heavy atom. The fourth-order valence-corrected chi connectivity index (χ4v) is 3.27. The van der Waals surface area contributed by atoms with Gasteiger partial charge in [-0.1, -0.05) is 91.0 Å². The fraction of sp³-hybridized carbons (Fsp3) is 0.308. The Kier molecular flexibility index (Phi) is 10.8. The highest BCUT2D eigenvalue weighted by atomic mass is 16.5. The summed E-state index contributed by atoms with van der Waals surface area (Å²) in [6, 6.07) is 30.3. The van der Waals surface area contributed by atoms with Crippen molar-refractivity contribution in [3.8, 4) is 0 Å². The summed E-state index contributed by atoms with van der Waals surface area (Å²) >= 11 is 0. The molecule has 0 saturated carbocycles. The van der Waals surface area contributed by atoms with E-state index in [0.717, 1.165) is 16.7 Å². The third kappa shape index (κ3) is 7.08. The van der Waals surface area contributed by atoms with E-state index in [1.807, 2.05) is 66.7 Å². The smallest absolute Gasteiger partial charge is 0.112 e. The predicted molar refractivity (Wildman–Crippen MR) is 120 cm³/mol. The van der Waals surface area contributed by atoms with Gasteiger partial charge in [0.2, 0.25) is 0 Å². The standard InChI is InChI=1S/C16H18O2.C10H14O2/c1-17-15(13-9-5-3-6-10-13)16(18-2)14-11-7-4-8-12-14;1-11-8-10(12-2)9-6-4-3-5-7-9/h3-12,15-16H,1-2H3;3-7,10H,8H2,1-2H3. The van der Waals surface area contributed by atoms with Crippen LogP contribution in [0.4, 0.5) is 0 Å². The molecule has 160 valence electrons. The quantitative estimate of drug-likeness (QED) is 0.450. The molecule has 0 radical (unpaired) electrons. The maximum atomic E-state index is 5.62. The second kappa shape index (κ2) is 13.7. The summed E-state index contributed by atoms with van der Waals surface area (Å²) in [5.74, 6) is 0. The maximum absolute atomic E-state index is 5.62. The Morgan fingerprint density at radius 3 is 1.17 bits per heavy atom. The van der Waals surface area contributed by atoms with E-state index < -0.39 is 0 Å². The molecule has 0 aromatic heterocycles. The highest BCUT2D eigenvalue weighted by Gasteiger charge is 2.24. The van der Waals surface area contributed by atoms with Crippen molar-refractivity contribution in [2.45, 2.75) is 18.3 Å². The third-order valence-electron chi connectivity index (χ3n) is 4.81. The van der Waals surface area contributed by atoms with Crippen LogP contribution in [-0.4, -0.2) is 35.0 Å². The zero-order valence-corrected chi connectivity index (χ0v) is 18.2. The number of rotatable bonds is 9. The van der Waals surface area contributed by atoms with Gasteiger partial charge in [0.05, 0.1) is 6.61 Å². The van der Waals surface area contributed by atoms with Crippen LogP contribution in [0.2, 0.25) is 0 Å². The molecule has 30 heavy (non-hydrogen) atoms. The number of benzene rings is 3. The molecule has 3 aromatic rings. The summed E-state index contributed by atoms with van der Waals surface area (Å²) in [6.07, 6.45) is -0.145. The highest BCUT2D eigenvalue weighted by Crippen LogP contribution is 2.33. The van der Waals surface area contributed by atoms with Crippen molar-refractivity contribution in [3.63, 3.8) is 0 Å². The number of methoxy groups -OCH3 is 4. The van der Waals surface area contributed by atoms with Gasteiger partial charge in [-0.25, -0.2) is 0 Å². The Bertz CT molecular complexity index is 748. The normalized spacial score (nSPS) is 13.6. The van der Waals surface area contributed by atoms with Crippen molar-refractivity contribution < 1.29 is 18.9 Å². The summed E-state index contributed by atoms with van der Waals surface area (Å²) < 4.78 is 21.5. The minimum atomic E-state index is -0.0985. The second-order valence-electron chi connectivity index (χ2n) is 6.72. The summed E-state index contributed by atoms with van der Waals surface area (Å²) in [4.78, 5) is 0. The van der Waals surface area contributed by atoms with Crippen molar-refractivity contribution in [2.75, 3.05) is 35.0 Å². The van der Waals surface area contributed by atoms with Gasteiger partial charge in [0.1, 0.15) is 18.3 Å². The molecule has 4 nitrogen and oxygen atoms in total. The summed E-state index contributed by atoms with van der Waals surface area (Å²) in [5.41, 5.74) is 3.40. The van der Waals surface area contributed by atoms with Gasteiger partial charge in [-0.15, -0.1) is 0 Å². The number of hydrogen-bond donors (Lipinski definition) is 0. The number of hydrogen-bond acceptors (Lipinski definition) is 4. The summed E-state index contributed by atoms with van der Waals surface area (Å²) in [6.45, 7) is 0.598. The van der Waals surface area contributed by atoms with Gasteiger partial charge in [-0.3, -0.25) is 0 Å². The van der Waals surface area contributed by atoms with Crippen molar-refractivity contribution >= 4 is 0 Å². The van der Waals surface area contributed by atoms with Gasteiger partial charge < -0.3 is 18.9 Å². The molecule has 0 amide bonds. The molecule has 3 unspecified atom stereocenters. The molecular formula is C26H32O4. The van der Waals surface area contributed by atoms with Gasteiger partial charge >= 0.3 is 0 Å². The molecule has 0 saturated heterocycles. The average molecular weight is 409 g/mol. The first-order valence-electron chi connectivity index (χ1n) is 9.97. The predicted octanol–water partition coefficient (Wildman–Crippen LogP) is 5.78. The lowest BCUT2D eigenvalue weighted by molar-refractivity contribution is -0.0397. The Balaban J connectivity index is 0.000000232. The Morgan fingerprint density at radius 2 is 0.867 bits per heavy atom. The van der Waals surface area contributed by atoms with E-state index in [4.69, 9.17) is 18.9 Å². The van der Waals surface area contributed by atoms with E-state index in [-0.39, 0.29) is 18.3 Å². The molecule has 0 aliphatic rings. The molecule has 0 aliphatic heterocycles. The Hall–Kier alpha value is -2.50. The first-order valence-corrected chi connectivity index (χ1v) is 9.97. The molecule has 0 heterocycles. The zero-order valence-electron chi connectivity index (χ0n) is 18.2. The highest BCUT2D eigenvalue weighted by molar-refractivity contribution is 5.25. The maximum Gasteiger partial charge on any atom is 0.112 e.